The van der Waals surface area contributed by atoms with E-state index in [1.54, 1.807) is 0 Å². The molecule has 1 heterocycles. The van der Waals surface area contributed by atoms with Crippen LogP contribution in [0.1, 0.15) is 0 Å². The van der Waals surface area contributed by atoms with Crippen LogP contribution in [-0.2, 0) is 10.2 Å². The fourth-order valence-electron chi connectivity index (χ4n) is 0.385. The van der Waals surface area contributed by atoms with E-state index in [0.717, 1.165) is 4.31 Å². The summed E-state index contributed by atoms with van der Waals surface area (Å²) < 4.78 is 24.3. The molecule has 0 unspecified atom stereocenters. The Morgan fingerprint density at radius 1 is 1.62 bits per heavy atom. The molecule has 1 aliphatic rings. The number of nitrogens with zero attached hydrogens (tertiary/aromatic N) is 1. The van der Waals surface area contributed by atoms with Crippen molar-refractivity contribution in [2.24, 2.45) is 0 Å². The van der Waals surface area contributed by atoms with Crippen molar-refractivity contribution in [3.8, 4) is 0 Å². The van der Waals surface area contributed by atoms with Crippen LogP contribution < -0.4 is 4.72 Å². The highest BCUT2D eigenvalue weighted by molar-refractivity contribution is 7.87. The molecular weight excluding hydrogens is 128 g/mol. The molecular formula is C3H6N2O2S. The molecule has 8 heavy (non-hydrogen) atoms. The van der Waals surface area contributed by atoms with Gasteiger partial charge in [0, 0.05) is 19.4 Å². The van der Waals surface area contributed by atoms with Crippen LogP contribution in [0, 0.1) is 0 Å². The minimum atomic E-state index is -3.15. The van der Waals surface area contributed by atoms with Gasteiger partial charge >= 0.3 is 10.2 Å². The van der Waals surface area contributed by atoms with E-state index in [4.69, 9.17) is 0 Å². The van der Waals surface area contributed by atoms with Crippen molar-refractivity contribution in [3.63, 3.8) is 0 Å². The summed E-state index contributed by atoms with van der Waals surface area (Å²) in [4.78, 5) is 0. The zero-order valence-electron chi connectivity index (χ0n) is 4.33. The van der Waals surface area contributed by atoms with Gasteiger partial charge in [0.05, 0.1) is 0 Å². The molecule has 1 N–H and O–H groups in total. The molecule has 0 saturated carbocycles. The van der Waals surface area contributed by atoms with Crippen LogP contribution in [0.3, 0.4) is 0 Å². The summed E-state index contributed by atoms with van der Waals surface area (Å²) in [6.45, 7) is 0. The molecule has 46 valence electrons. The van der Waals surface area contributed by atoms with Crippen LogP contribution in [0.5, 0.6) is 0 Å². The number of hydrogen-bond acceptors (Lipinski definition) is 2. The third-order valence-corrected chi connectivity index (χ3v) is 2.19. The van der Waals surface area contributed by atoms with Crippen molar-refractivity contribution in [2.75, 3.05) is 7.05 Å². The lowest BCUT2D eigenvalue weighted by molar-refractivity contribution is 0.543. The molecule has 0 aliphatic carbocycles. The fourth-order valence-corrected chi connectivity index (χ4v) is 1.00. The lowest BCUT2D eigenvalue weighted by atomic mass is 10.9. The molecule has 0 spiro atoms. The van der Waals surface area contributed by atoms with Gasteiger partial charge in [0.1, 0.15) is 0 Å². The molecule has 0 fully saturated rings. The summed E-state index contributed by atoms with van der Waals surface area (Å²) in [5, 5.41) is 0. The van der Waals surface area contributed by atoms with Crippen molar-refractivity contribution in [2.45, 2.75) is 0 Å². The summed E-state index contributed by atoms with van der Waals surface area (Å²) >= 11 is 0. The van der Waals surface area contributed by atoms with Crippen molar-refractivity contribution >= 4 is 10.2 Å². The molecule has 0 aromatic heterocycles. The Labute approximate surface area is 48.0 Å². The first-order valence-corrected chi connectivity index (χ1v) is 3.49. The van der Waals surface area contributed by atoms with Gasteiger partial charge in [-0.2, -0.15) is 8.42 Å². The van der Waals surface area contributed by atoms with E-state index in [-0.39, 0.29) is 0 Å². The van der Waals surface area contributed by atoms with E-state index < -0.39 is 10.2 Å². The van der Waals surface area contributed by atoms with Gasteiger partial charge in [0.2, 0.25) is 0 Å². The first kappa shape index (κ1) is 5.43. The van der Waals surface area contributed by atoms with E-state index in [0.29, 0.717) is 0 Å². The maximum atomic E-state index is 10.5. The Hall–Kier alpha value is -0.710. The minimum absolute atomic E-state index is 1.10. The third-order valence-electron chi connectivity index (χ3n) is 0.881. The van der Waals surface area contributed by atoms with Gasteiger partial charge in [-0.25, -0.2) is 0 Å². The van der Waals surface area contributed by atoms with E-state index >= 15 is 0 Å². The van der Waals surface area contributed by atoms with E-state index in [1.807, 2.05) is 0 Å². The molecule has 0 aromatic rings. The Morgan fingerprint density at radius 2 is 2.25 bits per heavy atom. The second-order valence-electron chi connectivity index (χ2n) is 1.45. The maximum absolute atomic E-state index is 10.5. The van der Waals surface area contributed by atoms with E-state index in [1.165, 1.54) is 19.4 Å². The lowest BCUT2D eigenvalue weighted by Crippen LogP contribution is -2.24. The Morgan fingerprint density at radius 3 is 2.38 bits per heavy atom. The van der Waals surface area contributed by atoms with Gasteiger partial charge in [-0.1, -0.05) is 0 Å². The van der Waals surface area contributed by atoms with Crippen molar-refractivity contribution in [3.05, 3.63) is 12.4 Å². The van der Waals surface area contributed by atoms with Gasteiger partial charge in [0.25, 0.3) is 0 Å². The summed E-state index contributed by atoms with van der Waals surface area (Å²) in [5.74, 6) is 0. The molecule has 4 nitrogen and oxygen atoms in total. The van der Waals surface area contributed by atoms with Gasteiger partial charge in [-0.05, 0) is 0 Å². The molecule has 0 aromatic carbocycles. The van der Waals surface area contributed by atoms with Gasteiger partial charge in [-0.3, -0.25) is 9.03 Å². The summed E-state index contributed by atoms with van der Waals surface area (Å²) in [7, 11) is -1.69. The highest BCUT2D eigenvalue weighted by Gasteiger charge is 2.15. The van der Waals surface area contributed by atoms with E-state index in [2.05, 4.69) is 4.72 Å². The first-order chi connectivity index (χ1) is 3.63. The molecule has 0 atom stereocenters. The maximum Gasteiger partial charge on any atom is 0.322 e. The monoisotopic (exact) mass is 134 g/mol. The number of hydrogen-bond donors (Lipinski definition) is 1. The Balaban J connectivity index is 2.96. The highest BCUT2D eigenvalue weighted by atomic mass is 32.2. The summed E-state index contributed by atoms with van der Waals surface area (Å²) in [5.41, 5.74) is 0. The van der Waals surface area contributed by atoms with Gasteiger partial charge in [-0.15, -0.1) is 0 Å². The Kier molecular flexibility index (Phi) is 0.937. The molecule has 0 saturated heterocycles. The number of rotatable bonds is 0. The topological polar surface area (TPSA) is 49.4 Å². The van der Waals surface area contributed by atoms with Crippen molar-refractivity contribution in [1.29, 1.82) is 0 Å². The first-order valence-electron chi connectivity index (χ1n) is 2.05. The average Bonchev–Trinajstić information content (AvgIpc) is 1.86. The average molecular weight is 134 g/mol. The molecule has 0 bridgehead atoms. The molecule has 1 aliphatic heterocycles. The van der Waals surface area contributed by atoms with E-state index in [9.17, 15) is 8.42 Å². The van der Waals surface area contributed by atoms with Gasteiger partial charge < -0.3 is 0 Å². The fraction of sp³-hybridized carbons (Fsp3) is 0.333. The second-order valence-corrected chi connectivity index (χ2v) is 3.22. The molecule has 0 radical (unpaired) electrons. The quantitative estimate of drug-likeness (QED) is 0.473. The SMILES string of the molecule is CN1C=CNS1(=O)=O. The normalized spacial score (nSPS) is 23.4. The van der Waals surface area contributed by atoms with Crippen LogP contribution in [0.15, 0.2) is 12.4 Å². The lowest BCUT2D eigenvalue weighted by Gasteiger charge is -2.04. The van der Waals surface area contributed by atoms with Gasteiger partial charge in [0.15, 0.2) is 0 Å². The molecule has 1 rings (SSSR count). The molecule has 5 heteroatoms. The van der Waals surface area contributed by atoms with Crippen molar-refractivity contribution in [1.82, 2.24) is 9.03 Å². The Bertz CT molecular complexity index is 205. The van der Waals surface area contributed by atoms with Crippen LogP contribution in [-0.4, -0.2) is 19.8 Å². The summed E-state index contributed by atoms with van der Waals surface area (Å²) in [6, 6.07) is 0. The van der Waals surface area contributed by atoms with Crippen LogP contribution in [0.2, 0.25) is 0 Å². The standard InChI is InChI=1S/C3H6N2O2S/c1-5-3-2-4-8(5,6)7/h2-4H,1H3. The zero-order valence-corrected chi connectivity index (χ0v) is 5.14. The van der Waals surface area contributed by atoms with Crippen LogP contribution in [0.4, 0.5) is 0 Å². The predicted octanol–water partition coefficient (Wildman–Crippen LogP) is -0.763. The number of nitrogens with one attached hydrogen (secondary N) is 1. The minimum Gasteiger partial charge on any atom is -0.272 e. The predicted molar refractivity (Wildman–Crippen MR) is 29.0 cm³/mol. The second kappa shape index (κ2) is 1.38. The smallest absolute Gasteiger partial charge is 0.272 e. The van der Waals surface area contributed by atoms with Crippen molar-refractivity contribution < 1.29 is 8.42 Å². The zero-order chi connectivity index (χ0) is 6.20. The van der Waals surface area contributed by atoms with Crippen LogP contribution in [0.25, 0.3) is 0 Å². The van der Waals surface area contributed by atoms with Crippen LogP contribution >= 0.6 is 0 Å². The highest BCUT2D eigenvalue weighted by Crippen LogP contribution is 1.99. The summed E-state index contributed by atoms with van der Waals surface area (Å²) in [6.07, 6.45) is 2.81. The molecule has 0 amide bonds. The third kappa shape index (κ3) is 0.645. The largest absolute Gasteiger partial charge is 0.322 e.